The second-order valence-electron chi connectivity index (χ2n) is 7.64. The van der Waals surface area contributed by atoms with E-state index in [2.05, 4.69) is 4.90 Å². The van der Waals surface area contributed by atoms with Crippen LogP contribution in [0.25, 0.3) is 0 Å². The normalized spacial score (nSPS) is 18.5. The number of hydrogen-bond acceptors (Lipinski definition) is 2. The molecule has 0 aromatic heterocycles. The molecule has 3 nitrogen and oxygen atoms in total. The largest absolute Gasteiger partial charge is 0.341 e. The van der Waals surface area contributed by atoms with E-state index in [1.165, 1.54) is 18.2 Å². The van der Waals surface area contributed by atoms with Gasteiger partial charge in [0.05, 0.1) is 6.42 Å². The molecule has 0 unspecified atom stereocenters. The molecule has 0 bridgehead atoms. The molecule has 136 valence electrons. The fraction of sp³-hybridized carbons (Fsp3) is 0.381. The van der Waals surface area contributed by atoms with Crippen LogP contribution in [0.5, 0.6) is 0 Å². The lowest BCUT2D eigenvalue weighted by molar-refractivity contribution is -0.158. The lowest BCUT2D eigenvalue weighted by Crippen LogP contribution is -2.73. The van der Waals surface area contributed by atoms with Crippen LogP contribution in [-0.2, 0) is 17.6 Å². The van der Waals surface area contributed by atoms with Gasteiger partial charge in [-0.25, -0.2) is 8.78 Å². The highest BCUT2D eigenvalue weighted by Crippen LogP contribution is 2.39. The number of likely N-dealkylation sites (tertiary alicyclic amines) is 2. The minimum Gasteiger partial charge on any atom is -0.341 e. The minimum absolute atomic E-state index is 0.112. The van der Waals surface area contributed by atoms with Crippen molar-refractivity contribution in [2.75, 3.05) is 32.7 Å². The third kappa shape index (κ3) is 3.63. The van der Waals surface area contributed by atoms with Gasteiger partial charge < -0.3 is 9.80 Å². The summed E-state index contributed by atoms with van der Waals surface area (Å²) < 4.78 is 26.1. The van der Waals surface area contributed by atoms with Gasteiger partial charge in [-0.3, -0.25) is 4.79 Å². The van der Waals surface area contributed by atoms with Crippen LogP contribution in [0.3, 0.4) is 0 Å². The van der Waals surface area contributed by atoms with Gasteiger partial charge in [-0.15, -0.1) is 0 Å². The average molecular weight is 356 g/mol. The van der Waals surface area contributed by atoms with E-state index in [9.17, 15) is 13.6 Å². The molecule has 2 aromatic rings. The molecule has 0 aliphatic carbocycles. The van der Waals surface area contributed by atoms with Crippen molar-refractivity contribution in [1.82, 2.24) is 9.80 Å². The number of rotatable bonds is 5. The van der Waals surface area contributed by atoms with Gasteiger partial charge in [-0.2, -0.15) is 0 Å². The number of halogens is 2. The van der Waals surface area contributed by atoms with E-state index in [1.807, 2.05) is 11.0 Å². The zero-order valence-corrected chi connectivity index (χ0v) is 14.6. The highest BCUT2D eigenvalue weighted by atomic mass is 19.1. The van der Waals surface area contributed by atoms with Crippen molar-refractivity contribution in [2.45, 2.75) is 12.8 Å². The van der Waals surface area contributed by atoms with E-state index >= 15 is 0 Å². The zero-order chi connectivity index (χ0) is 18.1. The van der Waals surface area contributed by atoms with E-state index in [-0.39, 0.29) is 23.0 Å². The summed E-state index contributed by atoms with van der Waals surface area (Å²) in [7, 11) is 0. The minimum atomic E-state index is -0.281. The highest BCUT2D eigenvalue weighted by Gasteiger charge is 2.52. The third-order valence-electron chi connectivity index (χ3n) is 5.40. The fourth-order valence-electron chi connectivity index (χ4n) is 4.07. The molecular formula is C21H22F2N2O. The molecule has 2 aliphatic rings. The monoisotopic (exact) mass is 356 g/mol. The molecule has 2 aromatic carbocycles. The van der Waals surface area contributed by atoms with Gasteiger partial charge in [-0.1, -0.05) is 24.3 Å². The Labute approximate surface area is 152 Å². The Balaban J connectivity index is 1.19. The van der Waals surface area contributed by atoms with Crippen LogP contribution in [0.2, 0.25) is 0 Å². The molecule has 2 saturated heterocycles. The number of nitrogens with zero attached hydrogens (tertiary/aromatic N) is 2. The van der Waals surface area contributed by atoms with Gasteiger partial charge in [0.2, 0.25) is 5.91 Å². The molecule has 5 heteroatoms. The van der Waals surface area contributed by atoms with E-state index < -0.39 is 0 Å². The number of carbonyl (C=O) groups is 1. The Hall–Kier alpha value is -2.27. The Bertz CT molecular complexity index is 792. The van der Waals surface area contributed by atoms with Gasteiger partial charge >= 0.3 is 0 Å². The molecule has 2 heterocycles. The first kappa shape index (κ1) is 17.2. The molecular weight excluding hydrogens is 334 g/mol. The van der Waals surface area contributed by atoms with E-state index in [1.54, 1.807) is 24.3 Å². The van der Waals surface area contributed by atoms with Crippen molar-refractivity contribution in [3.63, 3.8) is 0 Å². The predicted octanol–water partition coefficient (Wildman–Crippen LogP) is 2.89. The molecule has 1 amide bonds. The fourth-order valence-corrected chi connectivity index (χ4v) is 4.07. The van der Waals surface area contributed by atoms with E-state index in [0.717, 1.165) is 50.3 Å². The highest BCUT2D eigenvalue weighted by molar-refractivity contribution is 5.79. The lowest BCUT2D eigenvalue weighted by atomic mass is 9.72. The van der Waals surface area contributed by atoms with Gasteiger partial charge in [0.25, 0.3) is 0 Å². The quantitative estimate of drug-likeness (QED) is 0.822. The SMILES string of the molecule is O=C(Cc1ccc(F)cc1)N1CC2(CN(CCc3cccc(F)c3)C2)C1. The van der Waals surface area contributed by atoms with Gasteiger partial charge in [-0.05, 0) is 41.8 Å². The van der Waals surface area contributed by atoms with E-state index in [0.29, 0.717) is 6.42 Å². The molecule has 4 rings (SSSR count). The number of hydrogen-bond donors (Lipinski definition) is 0. The summed E-state index contributed by atoms with van der Waals surface area (Å²) in [6.07, 6.45) is 1.18. The first-order valence-electron chi connectivity index (χ1n) is 9.00. The van der Waals surface area contributed by atoms with Crippen molar-refractivity contribution < 1.29 is 13.6 Å². The maximum absolute atomic E-state index is 13.2. The first-order chi connectivity index (χ1) is 12.5. The Kier molecular flexibility index (Phi) is 4.49. The molecule has 2 fully saturated rings. The summed E-state index contributed by atoms with van der Waals surface area (Å²) in [4.78, 5) is 16.6. The van der Waals surface area contributed by atoms with Crippen LogP contribution in [0.15, 0.2) is 48.5 Å². The maximum atomic E-state index is 13.2. The van der Waals surface area contributed by atoms with Crippen LogP contribution in [0, 0.1) is 17.0 Å². The van der Waals surface area contributed by atoms with Gasteiger partial charge in [0.1, 0.15) is 11.6 Å². The van der Waals surface area contributed by atoms with Crippen molar-refractivity contribution in [3.05, 3.63) is 71.3 Å². The summed E-state index contributed by atoms with van der Waals surface area (Å²) in [5, 5.41) is 0. The molecule has 0 radical (unpaired) electrons. The smallest absolute Gasteiger partial charge is 0.227 e. The zero-order valence-electron chi connectivity index (χ0n) is 14.6. The van der Waals surface area contributed by atoms with Crippen LogP contribution >= 0.6 is 0 Å². The van der Waals surface area contributed by atoms with Gasteiger partial charge in [0, 0.05) is 38.1 Å². The van der Waals surface area contributed by atoms with E-state index in [4.69, 9.17) is 0 Å². The summed E-state index contributed by atoms with van der Waals surface area (Å²) in [6.45, 7) is 4.55. The van der Waals surface area contributed by atoms with Crippen LogP contribution in [0.4, 0.5) is 8.78 Å². The molecule has 0 N–H and O–H groups in total. The Morgan fingerprint density at radius 2 is 1.65 bits per heavy atom. The predicted molar refractivity (Wildman–Crippen MR) is 95.7 cm³/mol. The lowest BCUT2D eigenvalue weighted by Gasteiger charge is -2.60. The molecule has 2 aliphatic heterocycles. The average Bonchev–Trinajstić information content (AvgIpc) is 2.54. The summed E-state index contributed by atoms with van der Waals surface area (Å²) in [5.41, 5.74) is 2.12. The summed E-state index contributed by atoms with van der Waals surface area (Å²) in [5.74, 6) is -0.353. The Morgan fingerprint density at radius 1 is 0.923 bits per heavy atom. The van der Waals surface area contributed by atoms with Crippen molar-refractivity contribution in [3.8, 4) is 0 Å². The Morgan fingerprint density at radius 3 is 2.35 bits per heavy atom. The van der Waals surface area contributed by atoms with Crippen LogP contribution in [0.1, 0.15) is 11.1 Å². The summed E-state index contributed by atoms with van der Waals surface area (Å²) >= 11 is 0. The maximum Gasteiger partial charge on any atom is 0.227 e. The number of amides is 1. The molecule has 26 heavy (non-hydrogen) atoms. The first-order valence-corrected chi connectivity index (χ1v) is 9.00. The van der Waals surface area contributed by atoms with Crippen LogP contribution < -0.4 is 0 Å². The summed E-state index contributed by atoms with van der Waals surface area (Å²) in [6, 6.07) is 12.9. The standard InChI is InChI=1S/C21H22F2N2O/c22-18-6-4-17(5-7-18)11-20(26)25-14-21(15-25)12-24(13-21)9-8-16-2-1-3-19(23)10-16/h1-7,10H,8-9,11-15H2. The van der Waals surface area contributed by atoms with Crippen molar-refractivity contribution in [1.29, 1.82) is 0 Å². The topological polar surface area (TPSA) is 23.6 Å². The molecule has 0 atom stereocenters. The number of carbonyl (C=O) groups excluding carboxylic acids is 1. The molecule has 1 spiro atoms. The van der Waals surface area contributed by atoms with Crippen molar-refractivity contribution >= 4 is 5.91 Å². The molecule has 0 saturated carbocycles. The third-order valence-corrected chi connectivity index (χ3v) is 5.40. The second kappa shape index (κ2) is 6.80. The number of benzene rings is 2. The second-order valence-corrected chi connectivity index (χ2v) is 7.64. The van der Waals surface area contributed by atoms with Gasteiger partial charge in [0.15, 0.2) is 0 Å². The van der Waals surface area contributed by atoms with Crippen molar-refractivity contribution in [2.24, 2.45) is 5.41 Å². The van der Waals surface area contributed by atoms with Crippen LogP contribution in [-0.4, -0.2) is 48.4 Å².